The van der Waals surface area contributed by atoms with Crippen molar-refractivity contribution in [1.82, 2.24) is 0 Å². The minimum Gasteiger partial charge on any atom is -0.323 e. The molecule has 2 heteroatoms. The fourth-order valence-corrected chi connectivity index (χ4v) is 3.06. The Morgan fingerprint density at radius 2 is 1.88 bits per heavy atom. The Kier molecular flexibility index (Phi) is 3.97. The highest BCUT2D eigenvalue weighted by Gasteiger charge is 2.10. The monoisotopic (exact) mass is 245 g/mol. The van der Waals surface area contributed by atoms with Crippen molar-refractivity contribution in [2.75, 3.05) is 0 Å². The molecule has 0 bridgehead atoms. The second-order valence-electron chi connectivity index (χ2n) is 4.54. The van der Waals surface area contributed by atoms with Crippen LogP contribution in [0.15, 0.2) is 35.7 Å². The predicted molar refractivity (Wildman–Crippen MR) is 75.5 cm³/mol. The van der Waals surface area contributed by atoms with Gasteiger partial charge in [0, 0.05) is 10.9 Å². The fourth-order valence-electron chi connectivity index (χ4n) is 2.10. The second kappa shape index (κ2) is 5.48. The van der Waals surface area contributed by atoms with Gasteiger partial charge in [0.2, 0.25) is 0 Å². The molecule has 1 unspecified atom stereocenters. The van der Waals surface area contributed by atoms with Gasteiger partial charge in [-0.2, -0.15) is 0 Å². The molecule has 0 radical (unpaired) electrons. The van der Waals surface area contributed by atoms with E-state index in [1.807, 2.05) is 0 Å². The molecule has 0 aliphatic carbocycles. The molecule has 1 atom stereocenters. The molecule has 1 aromatic carbocycles. The summed E-state index contributed by atoms with van der Waals surface area (Å²) in [7, 11) is 0. The van der Waals surface area contributed by atoms with E-state index in [1.54, 1.807) is 11.3 Å². The number of thiophene rings is 1. The zero-order valence-corrected chi connectivity index (χ0v) is 11.3. The second-order valence-corrected chi connectivity index (χ2v) is 5.49. The summed E-state index contributed by atoms with van der Waals surface area (Å²) in [5, 5.41) is 2.12. The summed E-state index contributed by atoms with van der Waals surface area (Å²) in [6, 6.07) is 10.9. The van der Waals surface area contributed by atoms with Gasteiger partial charge in [-0.05, 0) is 54.8 Å². The van der Waals surface area contributed by atoms with Gasteiger partial charge in [-0.15, -0.1) is 11.3 Å². The molecule has 2 N–H and O–H groups in total. The zero-order chi connectivity index (χ0) is 12.3. The summed E-state index contributed by atoms with van der Waals surface area (Å²) in [4.78, 5) is 1.33. The molecule has 0 fully saturated rings. The van der Waals surface area contributed by atoms with E-state index in [-0.39, 0.29) is 6.04 Å². The third-order valence-electron chi connectivity index (χ3n) is 3.22. The quantitative estimate of drug-likeness (QED) is 0.865. The van der Waals surface area contributed by atoms with Gasteiger partial charge < -0.3 is 5.73 Å². The van der Waals surface area contributed by atoms with Crippen molar-refractivity contribution in [2.24, 2.45) is 5.73 Å². The number of nitrogens with two attached hydrogens (primary N) is 1. The van der Waals surface area contributed by atoms with E-state index in [0.717, 1.165) is 12.8 Å². The molecule has 2 rings (SSSR count). The van der Waals surface area contributed by atoms with Crippen molar-refractivity contribution >= 4 is 11.3 Å². The molecular weight excluding hydrogens is 226 g/mol. The molecule has 1 aromatic heterocycles. The largest absolute Gasteiger partial charge is 0.323 e. The van der Waals surface area contributed by atoms with Gasteiger partial charge >= 0.3 is 0 Å². The van der Waals surface area contributed by atoms with Crippen LogP contribution in [0.2, 0.25) is 0 Å². The Bertz CT molecular complexity index is 487. The highest BCUT2D eigenvalue weighted by Crippen LogP contribution is 2.25. The summed E-state index contributed by atoms with van der Waals surface area (Å²) in [6.45, 7) is 4.30. The van der Waals surface area contributed by atoms with Gasteiger partial charge in [0.15, 0.2) is 0 Å². The van der Waals surface area contributed by atoms with Crippen molar-refractivity contribution in [3.05, 3.63) is 57.3 Å². The molecule has 0 amide bonds. The summed E-state index contributed by atoms with van der Waals surface area (Å²) in [6.07, 6.45) is 2.08. The molecule has 90 valence electrons. The van der Waals surface area contributed by atoms with E-state index in [4.69, 9.17) is 5.73 Å². The van der Waals surface area contributed by atoms with E-state index in [9.17, 15) is 0 Å². The van der Waals surface area contributed by atoms with Gasteiger partial charge in [0.1, 0.15) is 0 Å². The predicted octanol–water partition coefficient (Wildman–Crippen LogP) is 4.00. The summed E-state index contributed by atoms with van der Waals surface area (Å²) >= 11 is 1.77. The molecule has 0 spiro atoms. The number of rotatable bonds is 4. The Hall–Kier alpha value is -1.12. The molecule has 17 heavy (non-hydrogen) atoms. The lowest BCUT2D eigenvalue weighted by atomic mass is 10.00. The average molecular weight is 245 g/mol. The van der Waals surface area contributed by atoms with Crippen LogP contribution in [0.25, 0.3) is 0 Å². The minimum atomic E-state index is 0.176. The van der Waals surface area contributed by atoms with Crippen LogP contribution in [0.3, 0.4) is 0 Å². The summed E-state index contributed by atoms with van der Waals surface area (Å²) in [5.74, 6) is 0. The number of hydrogen-bond donors (Lipinski definition) is 1. The van der Waals surface area contributed by atoms with Crippen LogP contribution in [0.4, 0.5) is 0 Å². The lowest BCUT2D eigenvalue weighted by Crippen LogP contribution is -2.11. The van der Waals surface area contributed by atoms with E-state index in [1.165, 1.54) is 21.6 Å². The lowest BCUT2D eigenvalue weighted by Gasteiger charge is -2.12. The first kappa shape index (κ1) is 12.3. The lowest BCUT2D eigenvalue weighted by molar-refractivity contribution is 0.657. The van der Waals surface area contributed by atoms with E-state index in [2.05, 4.69) is 49.6 Å². The summed E-state index contributed by atoms with van der Waals surface area (Å²) < 4.78 is 0. The van der Waals surface area contributed by atoms with Gasteiger partial charge in [-0.3, -0.25) is 0 Å². The molecule has 1 nitrogen and oxygen atoms in total. The van der Waals surface area contributed by atoms with Crippen molar-refractivity contribution in [2.45, 2.75) is 32.7 Å². The van der Waals surface area contributed by atoms with Crippen LogP contribution in [0.5, 0.6) is 0 Å². The van der Waals surface area contributed by atoms with Gasteiger partial charge in [0.05, 0.1) is 0 Å². The van der Waals surface area contributed by atoms with Gasteiger partial charge in [-0.1, -0.05) is 24.3 Å². The van der Waals surface area contributed by atoms with Crippen LogP contribution >= 0.6 is 11.3 Å². The van der Waals surface area contributed by atoms with E-state index in [0.29, 0.717) is 0 Å². The molecule has 0 saturated heterocycles. The maximum absolute atomic E-state index is 6.25. The third-order valence-corrected chi connectivity index (χ3v) is 4.38. The molecule has 0 aliphatic rings. The van der Waals surface area contributed by atoms with Crippen LogP contribution in [0, 0.1) is 13.8 Å². The highest BCUT2D eigenvalue weighted by molar-refractivity contribution is 7.10. The van der Waals surface area contributed by atoms with E-state index < -0.39 is 0 Å². The van der Waals surface area contributed by atoms with Crippen LogP contribution in [-0.2, 0) is 6.42 Å². The molecule has 2 aromatic rings. The number of benzene rings is 1. The zero-order valence-electron chi connectivity index (χ0n) is 10.4. The number of hydrogen-bond acceptors (Lipinski definition) is 2. The first-order chi connectivity index (χ1) is 8.18. The maximum atomic E-state index is 6.25. The third kappa shape index (κ3) is 2.96. The Balaban J connectivity index is 2.00. The SMILES string of the molecule is Cc1ccccc1CCC(N)c1sccc1C. The molecular formula is C15H19NS. The number of aryl methyl sites for hydroxylation is 3. The van der Waals surface area contributed by atoms with Crippen molar-refractivity contribution in [3.63, 3.8) is 0 Å². The van der Waals surface area contributed by atoms with Gasteiger partial charge in [0.25, 0.3) is 0 Å². The van der Waals surface area contributed by atoms with Crippen LogP contribution < -0.4 is 5.73 Å². The van der Waals surface area contributed by atoms with Gasteiger partial charge in [-0.25, -0.2) is 0 Å². The van der Waals surface area contributed by atoms with Crippen molar-refractivity contribution in [1.29, 1.82) is 0 Å². The van der Waals surface area contributed by atoms with Crippen molar-refractivity contribution in [3.8, 4) is 0 Å². The Morgan fingerprint density at radius 1 is 1.12 bits per heavy atom. The Morgan fingerprint density at radius 3 is 2.53 bits per heavy atom. The summed E-state index contributed by atoms with van der Waals surface area (Å²) in [5.41, 5.74) is 10.4. The Labute approximate surface area is 107 Å². The van der Waals surface area contributed by atoms with E-state index >= 15 is 0 Å². The normalized spacial score (nSPS) is 12.6. The molecule has 0 saturated carbocycles. The maximum Gasteiger partial charge on any atom is 0.0395 e. The van der Waals surface area contributed by atoms with Crippen LogP contribution in [-0.4, -0.2) is 0 Å². The highest BCUT2D eigenvalue weighted by atomic mass is 32.1. The fraction of sp³-hybridized carbons (Fsp3) is 0.333. The van der Waals surface area contributed by atoms with Crippen LogP contribution in [0.1, 0.15) is 34.0 Å². The standard InChI is InChI=1S/C15H19NS/c1-11-5-3-4-6-13(11)7-8-14(16)15-12(2)9-10-17-15/h3-6,9-10,14H,7-8,16H2,1-2H3. The minimum absolute atomic E-state index is 0.176. The smallest absolute Gasteiger partial charge is 0.0395 e. The topological polar surface area (TPSA) is 26.0 Å². The first-order valence-electron chi connectivity index (χ1n) is 6.02. The van der Waals surface area contributed by atoms with Crippen molar-refractivity contribution < 1.29 is 0 Å². The first-order valence-corrected chi connectivity index (χ1v) is 6.90. The average Bonchev–Trinajstić information content (AvgIpc) is 2.74. The molecule has 0 aliphatic heterocycles. The molecule has 1 heterocycles.